The molecule has 0 aliphatic rings. The molecular weight excluding hydrogens is 456 g/mol. The van der Waals surface area contributed by atoms with Crippen LogP contribution >= 0.6 is 0 Å². The second kappa shape index (κ2) is 8.84. The first-order valence-electron chi connectivity index (χ1n) is 13.7. The molecule has 38 heavy (non-hydrogen) atoms. The van der Waals surface area contributed by atoms with Crippen molar-refractivity contribution in [2.45, 2.75) is 52.4 Å². The number of fused-ring (bicyclic) bond motifs is 3. The van der Waals surface area contributed by atoms with Gasteiger partial charge in [-0.3, -0.25) is 0 Å². The summed E-state index contributed by atoms with van der Waals surface area (Å²) in [6.45, 7) is 13.8. The molecule has 6 rings (SSSR count). The van der Waals surface area contributed by atoms with Gasteiger partial charge in [0, 0.05) is 0 Å². The van der Waals surface area contributed by atoms with Crippen LogP contribution in [0, 0.1) is 0 Å². The van der Waals surface area contributed by atoms with Gasteiger partial charge in [0.25, 0.3) is 0 Å². The van der Waals surface area contributed by atoms with Crippen molar-refractivity contribution in [1.29, 1.82) is 0 Å². The van der Waals surface area contributed by atoms with Gasteiger partial charge in [0.1, 0.15) is 0 Å². The fraction of sp³-hybridized carbons (Fsp3) is 0.211. The van der Waals surface area contributed by atoms with Gasteiger partial charge in [-0.15, -0.1) is 0 Å². The summed E-state index contributed by atoms with van der Waals surface area (Å²) in [5, 5.41) is 7.81. The molecule has 0 aliphatic carbocycles. The van der Waals surface area contributed by atoms with E-state index in [0.717, 1.165) is 0 Å². The predicted molar refractivity (Wildman–Crippen MR) is 167 cm³/mol. The van der Waals surface area contributed by atoms with Gasteiger partial charge in [-0.25, -0.2) is 0 Å². The molecule has 0 saturated heterocycles. The first-order chi connectivity index (χ1) is 18.1. The number of benzene rings is 6. The number of hydrogen-bond acceptors (Lipinski definition) is 0. The molecule has 0 aliphatic heterocycles. The summed E-state index contributed by atoms with van der Waals surface area (Å²) in [5.74, 6) is 0. The van der Waals surface area contributed by atoms with Gasteiger partial charge in [0.05, 0.1) is 0 Å². The highest BCUT2D eigenvalue weighted by molar-refractivity contribution is 6.22. The van der Waals surface area contributed by atoms with E-state index in [1.165, 1.54) is 65.7 Å². The second-order valence-electron chi connectivity index (χ2n) is 12.7. The smallest absolute Gasteiger partial charge is 0.00260 e. The van der Waals surface area contributed by atoms with E-state index >= 15 is 0 Å². The molecule has 6 aromatic carbocycles. The summed E-state index contributed by atoms with van der Waals surface area (Å²) in [4.78, 5) is 0. The van der Waals surface area contributed by atoms with Gasteiger partial charge in [0.15, 0.2) is 0 Å². The summed E-state index contributed by atoms with van der Waals surface area (Å²) >= 11 is 0. The third-order valence-electron chi connectivity index (χ3n) is 7.95. The molecule has 0 N–H and O–H groups in total. The monoisotopic (exact) mass is 492 g/mol. The first-order valence-corrected chi connectivity index (χ1v) is 13.7. The molecule has 0 radical (unpaired) electrons. The summed E-state index contributed by atoms with van der Waals surface area (Å²) in [6.07, 6.45) is 0. The van der Waals surface area contributed by atoms with Crippen molar-refractivity contribution in [2.24, 2.45) is 0 Å². The molecule has 0 aromatic heterocycles. The van der Waals surface area contributed by atoms with Crippen LogP contribution in [0.3, 0.4) is 0 Å². The maximum Gasteiger partial charge on any atom is -0.00260 e. The van der Waals surface area contributed by atoms with Crippen LogP contribution in [0.15, 0.2) is 109 Å². The van der Waals surface area contributed by atoms with Crippen LogP contribution in [0.5, 0.6) is 0 Å². The highest BCUT2D eigenvalue weighted by Crippen LogP contribution is 2.46. The van der Waals surface area contributed by atoms with Gasteiger partial charge in [-0.2, -0.15) is 0 Å². The molecule has 0 heteroatoms. The largest absolute Gasteiger partial charge is 0.0622 e. The van der Waals surface area contributed by atoms with Crippen molar-refractivity contribution in [1.82, 2.24) is 0 Å². The van der Waals surface area contributed by atoms with Crippen molar-refractivity contribution >= 4 is 32.3 Å². The van der Waals surface area contributed by atoms with Crippen LogP contribution in [0.1, 0.15) is 52.7 Å². The highest BCUT2D eigenvalue weighted by atomic mass is 14.3. The Labute approximate surface area is 227 Å². The van der Waals surface area contributed by atoms with E-state index in [0.29, 0.717) is 0 Å². The maximum atomic E-state index is 2.45. The standard InChI is InChI=1S/C38H36/c1-37(2,3)29-19-21-32-33(23-29)35(26-13-8-7-9-14-26)31-20-18-30(38(4,5)6)24-34(31)36(32)28-17-16-25-12-10-11-15-27(25)22-28/h7-24H,1-6H3. The van der Waals surface area contributed by atoms with Crippen LogP contribution in [0.25, 0.3) is 54.6 Å². The molecule has 0 nitrogen and oxygen atoms in total. The molecule has 6 aromatic rings. The van der Waals surface area contributed by atoms with Gasteiger partial charge < -0.3 is 0 Å². The Morgan fingerprint density at radius 1 is 0.368 bits per heavy atom. The summed E-state index contributed by atoms with van der Waals surface area (Å²) < 4.78 is 0. The van der Waals surface area contributed by atoms with Crippen LogP contribution in [-0.2, 0) is 10.8 Å². The van der Waals surface area contributed by atoms with Gasteiger partial charge in [-0.05, 0) is 94.7 Å². The SMILES string of the molecule is CC(C)(C)c1ccc2c(-c3ccc4ccccc4c3)c3cc(C(C)(C)C)ccc3c(-c3ccccc3)c2c1. The minimum atomic E-state index is 0.0623. The maximum absolute atomic E-state index is 2.45. The summed E-state index contributed by atoms with van der Waals surface area (Å²) in [5.41, 5.74) is 8.03. The number of hydrogen-bond donors (Lipinski definition) is 0. The minimum Gasteiger partial charge on any atom is -0.0622 e. The van der Waals surface area contributed by atoms with E-state index in [2.05, 4.69) is 151 Å². The predicted octanol–water partition coefficient (Wildman–Crippen LogP) is 11.1. The average Bonchev–Trinajstić information content (AvgIpc) is 2.90. The summed E-state index contributed by atoms with van der Waals surface area (Å²) in [7, 11) is 0. The van der Waals surface area contributed by atoms with Crippen LogP contribution in [0.4, 0.5) is 0 Å². The summed E-state index contributed by atoms with van der Waals surface area (Å²) in [6, 6.07) is 40.8. The molecule has 0 atom stereocenters. The third kappa shape index (κ3) is 4.19. The fourth-order valence-electron chi connectivity index (χ4n) is 5.73. The molecular formula is C38H36. The molecule has 0 fully saturated rings. The first kappa shape index (κ1) is 24.4. The van der Waals surface area contributed by atoms with Crippen molar-refractivity contribution in [3.05, 3.63) is 120 Å². The zero-order valence-corrected chi connectivity index (χ0v) is 23.4. The van der Waals surface area contributed by atoms with Crippen LogP contribution in [0.2, 0.25) is 0 Å². The Bertz CT molecular complexity index is 1810. The lowest BCUT2D eigenvalue weighted by Crippen LogP contribution is -2.11. The van der Waals surface area contributed by atoms with Crippen molar-refractivity contribution < 1.29 is 0 Å². The molecule has 188 valence electrons. The number of rotatable bonds is 2. The van der Waals surface area contributed by atoms with Crippen LogP contribution < -0.4 is 0 Å². The van der Waals surface area contributed by atoms with E-state index in [-0.39, 0.29) is 10.8 Å². The molecule has 0 unspecified atom stereocenters. The Balaban J connectivity index is 1.83. The highest BCUT2D eigenvalue weighted by Gasteiger charge is 2.22. The Hall–Kier alpha value is -3.90. The topological polar surface area (TPSA) is 0 Å². The Morgan fingerprint density at radius 3 is 1.42 bits per heavy atom. The zero-order chi connectivity index (χ0) is 26.7. The minimum absolute atomic E-state index is 0.0623. The van der Waals surface area contributed by atoms with E-state index in [1.54, 1.807) is 0 Å². The van der Waals surface area contributed by atoms with E-state index in [4.69, 9.17) is 0 Å². The van der Waals surface area contributed by atoms with Gasteiger partial charge >= 0.3 is 0 Å². The molecule has 0 spiro atoms. The van der Waals surface area contributed by atoms with Gasteiger partial charge in [0.2, 0.25) is 0 Å². The quantitative estimate of drug-likeness (QED) is 0.211. The van der Waals surface area contributed by atoms with E-state index < -0.39 is 0 Å². The third-order valence-corrected chi connectivity index (χ3v) is 7.95. The molecule has 0 bridgehead atoms. The fourth-order valence-corrected chi connectivity index (χ4v) is 5.73. The Kier molecular flexibility index (Phi) is 5.69. The molecule has 0 saturated carbocycles. The van der Waals surface area contributed by atoms with Crippen molar-refractivity contribution in [3.63, 3.8) is 0 Å². The zero-order valence-electron chi connectivity index (χ0n) is 23.4. The second-order valence-corrected chi connectivity index (χ2v) is 12.7. The lowest BCUT2D eigenvalue weighted by Gasteiger charge is -2.25. The van der Waals surface area contributed by atoms with Gasteiger partial charge in [-0.1, -0.05) is 133 Å². The van der Waals surface area contributed by atoms with Crippen molar-refractivity contribution in [2.75, 3.05) is 0 Å². The lowest BCUT2D eigenvalue weighted by atomic mass is 9.79. The van der Waals surface area contributed by atoms with Crippen LogP contribution in [-0.4, -0.2) is 0 Å². The molecule has 0 amide bonds. The lowest BCUT2D eigenvalue weighted by molar-refractivity contribution is 0.590. The normalized spacial score (nSPS) is 12.5. The van der Waals surface area contributed by atoms with Crippen molar-refractivity contribution in [3.8, 4) is 22.3 Å². The van der Waals surface area contributed by atoms with E-state index in [9.17, 15) is 0 Å². The molecule has 0 heterocycles. The van der Waals surface area contributed by atoms with E-state index in [1.807, 2.05) is 0 Å². The Morgan fingerprint density at radius 2 is 0.868 bits per heavy atom. The average molecular weight is 493 g/mol.